The number of aliphatic hydroxyl groups is 1. The van der Waals surface area contributed by atoms with Crippen LogP contribution in [0, 0.1) is 41.4 Å². The fourth-order valence-electron chi connectivity index (χ4n) is 7.74. The molecule has 1 N–H and O–H groups in total. The second kappa shape index (κ2) is 7.99. The highest BCUT2D eigenvalue weighted by atomic mass is 32.2. The van der Waals surface area contributed by atoms with E-state index < -0.39 is 5.60 Å². The maximum atomic E-state index is 11.3. The molecule has 1 nitrogen and oxygen atoms in total. The third kappa shape index (κ3) is 3.11. The first-order valence-corrected chi connectivity index (χ1v) is 13.8. The summed E-state index contributed by atoms with van der Waals surface area (Å²) < 4.78 is 0.388. The van der Waals surface area contributed by atoms with Gasteiger partial charge in [-0.25, -0.2) is 0 Å². The van der Waals surface area contributed by atoms with Crippen LogP contribution in [0.2, 0.25) is 0 Å². The van der Waals surface area contributed by atoms with Crippen molar-refractivity contribution in [3.05, 3.63) is 23.8 Å². The van der Waals surface area contributed by atoms with E-state index in [0.717, 1.165) is 25.7 Å². The summed E-state index contributed by atoms with van der Waals surface area (Å²) in [6, 6.07) is 0. The van der Waals surface area contributed by atoms with Gasteiger partial charge in [0.05, 0.1) is 4.08 Å². The molecular formula is C26H38OS2. The minimum Gasteiger partial charge on any atom is -0.377 e. The Labute approximate surface area is 186 Å². The largest absolute Gasteiger partial charge is 0.377 e. The molecule has 0 aromatic rings. The van der Waals surface area contributed by atoms with Crippen molar-refractivity contribution in [2.75, 3.05) is 11.5 Å². The Kier molecular flexibility index (Phi) is 6.04. The molecule has 1 aliphatic heterocycles. The molecular weight excluding hydrogens is 392 g/mol. The Morgan fingerprint density at radius 1 is 1.21 bits per heavy atom. The third-order valence-electron chi connectivity index (χ3n) is 8.87. The highest BCUT2D eigenvalue weighted by Crippen LogP contribution is 2.68. The molecule has 0 bridgehead atoms. The van der Waals surface area contributed by atoms with Crippen LogP contribution >= 0.6 is 23.5 Å². The number of terminal acetylenes is 1. The lowest BCUT2D eigenvalue weighted by atomic mass is 9.48. The SMILES string of the molecule is C#CC1(O)CCC2C3CCC4=CC5(CCC4C3C(=C)C[C@@]21CC)SCCS5.CC. The fourth-order valence-corrected chi connectivity index (χ4v) is 10.9. The minimum atomic E-state index is -0.926. The maximum Gasteiger partial charge on any atom is 0.131 e. The lowest BCUT2D eigenvalue weighted by Crippen LogP contribution is -2.54. The van der Waals surface area contributed by atoms with E-state index in [1.807, 2.05) is 13.8 Å². The van der Waals surface area contributed by atoms with Crippen molar-refractivity contribution in [1.29, 1.82) is 0 Å². The second-order valence-electron chi connectivity index (χ2n) is 9.60. The quantitative estimate of drug-likeness (QED) is 0.370. The highest BCUT2D eigenvalue weighted by Gasteiger charge is 2.64. The number of thioether (sulfide) groups is 2. The molecule has 29 heavy (non-hydrogen) atoms. The van der Waals surface area contributed by atoms with E-state index in [-0.39, 0.29) is 5.41 Å². The van der Waals surface area contributed by atoms with Crippen LogP contribution in [0.1, 0.15) is 72.1 Å². The predicted molar refractivity (Wildman–Crippen MR) is 129 cm³/mol. The lowest BCUT2D eigenvalue weighted by molar-refractivity contribution is -0.0789. The normalized spacial score (nSPS) is 44.7. The van der Waals surface area contributed by atoms with E-state index in [0.29, 0.717) is 27.8 Å². The molecule has 1 heterocycles. The molecule has 6 atom stereocenters. The van der Waals surface area contributed by atoms with Gasteiger partial charge in [-0.2, -0.15) is 0 Å². The summed E-state index contributed by atoms with van der Waals surface area (Å²) in [4.78, 5) is 0. The summed E-state index contributed by atoms with van der Waals surface area (Å²) in [5.74, 6) is 8.04. The second-order valence-corrected chi connectivity index (χ2v) is 12.7. The Morgan fingerprint density at radius 3 is 2.59 bits per heavy atom. The number of fused-ring (bicyclic) bond motifs is 5. The topological polar surface area (TPSA) is 20.2 Å². The molecule has 0 aromatic heterocycles. The van der Waals surface area contributed by atoms with Gasteiger partial charge >= 0.3 is 0 Å². The van der Waals surface area contributed by atoms with Gasteiger partial charge < -0.3 is 5.11 Å². The van der Waals surface area contributed by atoms with Gasteiger partial charge in [-0.05, 0) is 75.0 Å². The van der Waals surface area contributed by atoms with Crippen molar-refractivity contribution >= 4 is 23.5 Å². The molecule has 160 valence electrons. The molecule has 1 saturated heterocycles. The van der Waals surface area contributed by atoms with E-state index in [2.05, 4.69) is 49.0 Å². The molecule has 5 aliphatic rings. The van der Waals surface area contributed by atoms with E-state index in [9.17, 15) is 5.11 Å². The number of hydrogen-bond donors (Lipinski definition) is 1. The summed E-state index contributed by atoms with van der Waals surface area (Å²) in [6.45, 7) is 10.9. The van der Waals surface area contributed by atoms with Crippen molar-refractivity contribution < 1.29 is 5.11 Å². The van der Waals surface area contributed by atoms with Crippen LogP contribution in [0.3, 0.4) is 0 Å². The standard InChI is InChI=1S/C24H32OS2.C2H6/c1-4-22-14-16(3)21-18-8-11-24(26-12-13-27-24)15-17(18)6-7-19(21)20(22)9-10-23(22,25)5-2;1-2/h2,15,18-21,25H,3-4,6-14H2,1H3;1-2H3/t18?,19?,20?,21?,22-,23?;/m0./s1. The van der Waals surface area contributed by atoms with E-state index in [1.165, 1.54) is 42.8 Å². The van der Waals surface area contributed by atoms with Crippen LogP contribution < -0.4 is 0 Å². The monoisotopic (exact) mass is 430 g/mol. The molecule has 4 fully saturated rings. The zero-order valence-corrected chi connectivity index (χ0v) is 20.1. The summed E-state index contributed by atoms with van der Waals surface area (Å²) in [6.07, 6.45) is 17.5. The first kappa shape index (κ1) is 21.9. The number of rotatable bonds is 1. The van der Waals surface area contributed by atoms with Crippen LogP contribution in [0.15, 0.2) is 23.8 Å². The minimum absolute atomic E-state index is 0.131. The van der Waals surface area contributed by atoms with Crippen molar-refractivity contribution in [2.24, 2.45) is 29.1 Å². The van der Waals surface area contributed by atoms with Crippen LogP contribution in [0.4, 0.5) is 0 Å². The van der Waals surface area contributed by atoms with Crippen molar-refractivity contribution in [3.63, 3.8) is 0 Å². The summed E-state index contributed by atoms with van der Waals surface area (Å²) in [5.41, 5.74) is 2.07. The Bertz CT molecular complexity index is 727. The van der Waals surface area contributed by atoms with Crippen LogP contribution in [-0.2, 0) is 0 Å². The Hall–Kier alpha value is -0.300. The number of allylic oxidation sites excluding steroid dienone is 2. The van der Waals surface area contributed by atoms with Crippen LogP contribution in [0.25, 0.3) is 0 Å². The first-order chi connectivity index (χ1) is 14.0. The Balaban J connectivity index is 0.000000994. The average molecular weight is 431 g/mol. The molecule has 5 rings (SSSR count). The van der Waals surface area contributed by atoms with Crippen LogP contribution in [-0.4, -0.2) is 26.3 Å². The molecule has 0 aromatic carbocycles. The van der Waals surface area contributed by atoms with Gasteiger partial charge in [0, 0.05) is 16.9 Å². The predicted octanol–water partition coefficient (Wildman–Crippen LogP) is 6.68. The van der Waals surface area contributed by atoms with E-state index >= 15 is 0 Å². The van der Waals surface area contributed by atoms with Crippen molar-refractivity contribution in [3.8, 4) is 12.3 Å². The zero-order chi connectivity index (χ0) is 20.9. The Morgan fingerprint density at radius 2 is 1.93 bits per heavy atom. The van der Waals surface area contributed by atoms with Crippen molar-refractivity contribution in [2.45, 2.75) is 81.8 Å². The highest BCUT2D eigenvalue weighted by molar-refractivity contribution is 8.21. The fraction of sp³-hybridized carbons (Fsp3) is 0.769. The van der Waals surface area contributed by atoms with Gasteiger partial charge in [0.1, 0.15) is 5.60 Å². The molecule has 3 heteroatoms. The van der Waals surface area contributed by atoms with Gasteiger partial charge in [0.2, 0.25) is 0 Å². The molecule has 4 aliphatic carbocycles. The van der Waals surface area contributed by atoms with Crippen LogP contribution in [0.5, 0.6) is 0 Å². The van der Waals surface area contributed by atoms with Gasteiger partial charge in [-0.1, -0.05) is 50.5 Å². The summed E-state index contributed by atoms with van der Waals surface area (Å²) in [7, 11) is 0. The van der Waals surface area contributed by atoms with Gasteiger partial charge in [-0.15, -0.1) is 29.9 Å². The molecule has 3 saturated carbocycles. The zero-order valence-electron chi connectivity index (χ0n) is 18.5. The van der Waals surface area contributed by atoms with E-state index in [1.54, 1.807) is 5.57 Å². The number of hydrogen-bond acceptors (Lipinski definition) is 3. The third-order valence-corrected chi connectivity index (χ3v) is 12.3. The molecule has 0 radical (unpaired) electrons. The van der Waals surface area contributed by atoms with Gasteiger partial charge in [0.15, 0.2) is 0 Å². The lowest BCUT2D eigenvalue weighted by Gasteiger charge is -2.57. The summed E-state index contributed by atoms with van der Waals surface area (Å²) in [5, 5.41) is 11.3. The summed E-state index contributed by atoms with van der Waals surface area (Å²) >= 11 is 4.36. The maximum absolute atomic E-state index is 11.3. The van der Waals surface area contributed by atoms with Crippen molar-refractivity contribution in [1.82, 2.24) is 0 Å². The van der Waals surface area contributed by atoms with E-state index in [4.69, 9.17) is 6.42 Å². The average Bonchev–Trinajstić information content (AvgIpc) is 3.32. The molecule has 0 amide bonds. The van der Waals surface area contributed by atoms with Gasteiger partial charge in [0.25, 0.3) is 0 Å². The molecule has 1 spiro atoms. The smallest absolute Gasteiger partial charge is 0.131 e. The first-order valence-electron chi connectivity index (χ1n) is 11.8. The van der Waals surface area contributed by atoms with Gasteiger partial charge in [-0.3, -0.25) is 0 Å². The molecule has 5 unspecified atom stereocenters.